The highest BCUT2D eigenvalue weighted by Crippen LogP contribution is 2.33. The highest BCUT2D eigenvalue weighted by molar-refractivity contribution is 9.10. The Morgan fingerprint density at radius 1 is 1.26 bits per heavy atom. The van der Waals surface area contributed by atoms with E-state index < -0.39 is 0 Å². The zero-order valence-corrected chi connectivity index (χ0v) is 13.4. The maximum absolute atomic E-state index is 6.04. The van der Waals surface area contributed by atoms with E-state index in [9.17, 15) is 0 Å². The van der Waals surface area contributed by atoms with Crippen LogP contribution in [0, 0.1) is 0 Å². The molecule has 2 rings (SSSR count). The lowest BCUT2D eigenvalue weighted by Crippen LogP contribution is -2.19. The number of nitrogens with one attached hydrogen (secondary N) is 1. The van der Waals surface area contributed by atoms with Crippen molar-refractivity contribution < 1.29 is 4.42 Å². The monoisotopic (exact) mass is 341 g/mol. The molecule has 0 aliphatic carbocycles. The van der Waals surface area contributed by atoms with Crippen LogP contribution in [0.3, 0.4) is 0 Å². The van der Waals surface area contributed by atoms with Gasteiger partial charge in [0.2, 0.25) is 0 Å². The lowest BCUT2D eigenvalue weighted by molar-refractivity contribution is 0.417. The summed E-state index contributed by atoms with van der Waals surface area (Å²) in [5, 5.41) is 4.11. The summed E-state index contributed by atoms with van der Waals surface area (Å²) < 4.78 is 6.94. The van der Waals surface area contributed by atoms with Crippen LogP contribution in [0.2, 0.25) is 5.02 Å². The van der Waals surface area contributed by atoms with Gasteiger partial charge in [-0.2, -0.15) is 0 Å². The molecule has 1 unspecified atom stereocenters. The minimum Gasteiger partial charge on any atom is -0.459 e. The molecule has 2 nitrogen and oxygen atoms in total. The van der Waals surface area contributed by atoms with Gasteiger partial charge in [0.25, 0.3) is 0 Å². The lowest BCUT2D eigenvalue weighted by Gasteiger charge is -2.12. The summed E-state index contributed by atoms with van der Waals surface area (Å²) in [6.07, 6.45) is 0.998. The van der Waals surface area contributed by atoms with Crippen molar-refractivity contribution in [3.8, 4) is 11.3 Å². The van der Waals surface area contributed by atoms with Crippen molar-refractivity contribution >= 4 is 27.5 Å². The SMILES string of the molecule is CCNC(CC)c1ccc(-c2cc(Cl)ccc2Br)o1. The number of rotatable bonds is 5. The molecule has 1 aromatic carbocycles. The summed E-state index contributed by atoms with van der Waals surface area (Å²) in [4.78, 5) is 0. The van der Waals surface area contributed by atoms with E-state index >= 15 is 0 Å². The minimum atomic E-state index is 0.261. The summed E-state index contributed by atoms with van der Waals surface area (Å²) in [7, 11) is 0. The molecule has 1 atom stereocenters. The molecule has 0 amide bonds. The fourth-order valence-corrected chi connectivity index (χ4v) is 2.68. The van der Waals surface area contributed by atoms with Gasteiger partial charge in [-0.05, 0) is 43.3 Å². The molecule has 0 radical (unpaired) electrons. The Morgan fingerprint density at radius 2 is 2.05 bits per heavy atom. The Balaban J connectivity index is 2.32. The first kappa shape index (κ1) is 14.6. The summed E-state index contributed by atoms with van der Waals surface area (Å²) in [6, 6.07) is 9.97. The molecule has 0 aliphatic rings. The van der Waals surface area contributed by atoms with Gasteiger partial charge in [0, 0.05) is 15.1 Å². The molecule has 19 heavy (non-hydrogen) atoms. The molecule has 1 heterocycles. The van der Waals surface area contributed by atoms with E-state index in [-0.39, 0.29) is 6.04 Å². The quantitative estimate of drug-likeness (QED) is 0.784. The maximum Gasteiger partial charge on any atom is 0.135 e. The third-order valence-electron chi connectivity index (χ3n) is 3.02. The predicted octanol–water partition coefficient (Wildman–Crippen LogP) is 5.42. The first-order valence-electron chi connectivity index (χ1n) is 6.44. The van der Waals surface area contributed by atoms with E-state index in [4.69, 9.17) is 16.0 Å². The van der Waals surface area contributed by atoms with Crippen molar-refractivity contribution in [3.05, 3.63) is 45.6 Å². The van der Waals surface area contributed by atoms with Gasteiger partial charge in [0.05, 0.1) is 6.04 Å². The van der Waals surface area contributed by atoms with E-state index in [1.165, 1.54) is 0 Å². The second-order valence-corrected chi connectivity index (χ2v) is 5.64. The first-order valence-corrected chi connectivity index (χ1v) is 7.61. The van der Waals surface area contributed by atoms with Gasteiger partial charge in [-0.15, -0.1) is 0 Å². The van der Waals surface area contributed by atoms with E-state index in [2.05, 4.69) is 35.1 Å². The van der Waals surface area contributed by atoms with Gasteiger partial charge in [-0.1, -0.05) is 41.4 Å². The Hall–Kier alpha value is -0.770. The van der Waals surface area contributed by atoms with E-state index in [1.807, 2.05) is 30.3 Å². The molecule has 4 heteroatoms. The van der Waals surface area contributed by atoms with Crippen LogP contribution in [0.5, 0.6) is 0 Å². The minimum absolute atomic E-state index is 0.261. The van der Waals surface area contributed by atoms with E-state index in [0.717, 1.165) is 34.5 Å². The van der Waals surface area contributed by atoms with Crippen LogP contribution in [-0.2, 0) is 0 Å². The van der Waals surface area contributed by atoms with Crippen LogP contribution in [0.25, 0.3) is 11.3 Å². The topological polar surface area (TPSA) is 25.2 Å². The Labute approximate surface area is 127 Å². The first-order chi connectivity index (χ1) is 9.15. The highest BCUT2D eigenvalue weighted by atomic mass is 79.9. The van der Waals surface area contributed by atoms with Gasteiger partial charge in [-0.3, -0.25) is 0 Å². The van der Waals surface area contributed by atoms with Gasteiger partial charge >= 0.3 is 0 Å². The Bertz CT molecular complexity index is 553. The molecule has 0 bridgehead atoms. The molecule has 2 aromatic rings. The third-order valence-corrected chi connectivity index (χ3v) is 3.95. The molecule has 102 valence electrons. The van der Waals surface area contributed by atoms with Crippen LogP contribution < -0.4 is 5.32 Å². The number of benzene rings is 1. The third kappa shape index (κ3) is 3.41. The van der Waals surface area contributed by atoms with Gasteiger partial charge in [0.1, 0.15) is 11.5 Å². The Morgan fingerprint density at radius 3 is 2.74 bits per heavy atom. The molecule has 0 aliphatic heterocycles. The number of hydrogen-bond donors (Lipinski definition) is 1. The van der Waals surface area contributed by atoms with Crippen molar-refractivity contribution in [2.24, 2.45) is 0 Å². The summed E-state index contributed by atoms with van der Waals surface area (Å²) in [5.41, 5.74) is 0.977. The van der Waals surface area contributed by atoms with E-state index in [0.29, 0.717) is 5.02 Å². The van der Waals surface area contributed by atoms with Gasteiger partial charge in [0.15, 0.2) is 0 Å². The maximum atomic E-state index is 6.04. The van der Waals surface area contributed by atoms with Crippen LogP contribution in [0.15, 0.2) is 39.2 Å². The summed E-state index contributed by atoms with van der Waals surface area (Å²) in [5.74, 6) is 1.80. The highest BCUT2D eigenvalue weighted by Gasteiger charge is 2.14. The molecule has 0 saturated heterocycles. The molecule has 0 saturated carbocycles. The standard InChI is InChI=1S/C15H17BrClNO/c1-3-13(18-4-2)15-8-7-14(19-15)11-9-10(17)5-6-12(11)16/h5-9,13,18H,3-4H2,1-2H3. The molecular weight excluding hydrogens is 326 g/mol. The smallest absolute Gasteiger partial charge is 0.135 e. The molecule has 0 spiro atoms. The van der Waals surface area contributed by atoms with Crippen molar-refractivity contribution in [1.29, 1.82) is 0 Å². The summed E-state index contributed by atoms with van der Waals surface area (Å²) in [6.45, 7) is 5.17. The average molecular weight is 343 g/mol. The van der Waals surface area contributed by atoms with Crippen molar-refractivity contribution in [1.82, 2.24) is 5.32 Å². The van der Waals surface area contributed by atoms with Crippen LogP contribution in [0.4, 0.5) is 0 Å². The number of hydrogen-bond acceptors (Lipinski definition) is 2. The van der Waals surface area contributed by atoms with Gasteiger partial charge < -0.3 is 9.73 Å². The average Bonchev–Trinajstić information content (AvgIpc) is 2.88. The van der Waals surface area contributed by atoms with Gasteiger partial charge in [-0.25, -0.2) is 0 Å². The normalized spacial score (nSPS) is 12.6. The van der Waals surface area contributed by atoms with Crippen LogP contribution >= 0.6 is 27.5 Å². The second kappa shape index (κ2) is 6.60. The van der Waals surface area contributed by atoms with Crippen LogP contribution in [0.1, 0.15) is 32.1 Å². The fourth-order valence-electron chi connectivity index (χ4n) is 2.06. The molecule has 0 fully saturated rings. The zero-order valence-electron chi connectivity index (χ0n) is 11.0. The largest absolute Gasteiger partial charge is 0.459 e. The Kier molecular flexibility index (Phi) is 5.08. The zero-order chi connectivity index (χ0) is 13.8. The van der Waals surface area contributed by atoms with Crippen molar-refractivity contribution in [3.63, 3.8) is 0 Å². The molecule has 1 N–H and O–H groups in total. The number of halogens is 2. The molecular formula is C15H17BrClNO. The lowest BCUT2D eigenvalue weighted by atomic mass is 10.1. The predicted molar refractivity (Wildman–Crippen MR) is 83.6 cm³/mol. The second-order valence-electron chi connectivity index (χ2n) is 4.34. The fraction of sp³-hybridized carbons (Fsp3) is 0.333. The molecule has 1 aromatic heterocycles. The van der Waals surface area contributed by atoms with E-state index in [1.54, 1.807) is 0 Å². The summed E-state index contributed by atoms with van der Waals surface area (Å²) >= 11 is 9.57. The number of furan rings is 1. The van der Waals surface area contributed by atoms with Crippen molar-refractivity contribution in [2.45, 2.75) is 26.3 Å². The van der Waals surface area contributed by atoms with Crippen molar-refractivity contribution in [2.75, 3.05) is 6.54 Å². The van der Waals surface area contributed by atoms with Crippen LogP contribution in [-0.4, -0.2) is 6.54 Å².